The number of carbonyl (C=O) groups excluding carboxylic acids is 1. The fourth-order valence-electron chi connectivity index (χ4n) is 1.73. The summed E-state index contributed by atoms with van der Waals surface area (Å²) in [6, 6.07) is 0. The molecule has 0 aromatic heterocycles. The fourth-order valence-corrected chi connectivity index (χ4v) is 1.73. The lowest BCUT2D eigenvalue weighted by atomic mass is 10.0. The molecule has 0 amide bonds. The molecule has 1 aliphatic heterocycles. The van der Waals surface area contributed by atoms with Crippen LogP contribution in [0.1, 0.15) is 27.2 Å². The SMILES string of the molecule is CCOC(=O)C1=C(C)NCC[C@H]1OCC. The number of nitrogens with one attached hydrogen (secondary N) is 1. The summed E-state index contributed by atoms with van der Waals surface area (Å²) in [5.41, 5.74) is 1.52. The van der Waals surface area contributed by atoms with E-state index in [1.165, 1.54) is 0 Å². The molecule has 1 N–H and O–H groups in total. The van der Waals surface area contributed by atoms with Crippen molar-refractivity contribution in [2.45, 2.75) is 33.3 Å². The first-order valence-electron chi connectivity index (χ1n) is 5.44. The molecule has 1 heterocycles. The third kappa shape index (κ3) is 2.96. The van der Waals surface area contributed by atoms with Crippen LogP contribution in [0.15, 0.2) is 11.3 Å². The maximum atomic E-state index is 11.7. The highest BCUT2D eigenvalue weighted by molar-refractivity contribution is 5.90. The summed E-state index contributed by atoms with van der Waals surface area (Å²) in [5, 5.41) is 3.16. The van der Waals surface area contributed by atoms with Crippen LogP contribution in [0.4, 0.5) is 0 Å². The molecule has 4 heteroatoms. The molecule has 0 aromatic rings. The zero-order valence-corrected chi connectivity index (χ0v) is 9.63. The zero-order valence-electron chi connectivity index (χ0n) is 9.63. The van der Waals surface area contributed by atoms with Crippen molar-refractivity contribution in [1.82, 2.24) is 5.32 Å². The molecule has 0 aromatic carbocycles. The quantitative estimate of drug-likeness (QED) is 0.713. The number of hydrogen-bond donors (Lipinski definition) is 1. The molecular formula is C11H19NO3. The molecular weight excluding hydrogens is 194 g/mol. The van der Waals surface area contributed by atoms with Crippen LogP contribution in [-0.4, -0.2) is 31.8 Å². The van der Waals surface area contributed by atoms with E-state index in [4.69, 9.17) is 9.47 Å². The highest BCUT2D eigenvalue weighted by Crippen LogP contribution is 2.19. The van der Waals surface area contributed by atoms with Gasteiger partial charge in [0.15, 0.2) is 0 Å². The van der Waals surface area contributed by atoms with Crippen LogP contribution in [-0.2, 0) is 14.3 Å². The summed E-state index contributed by atoms with van der Waals surface area (Å²) in [6.45, 7) is 7.48. The van der Waals surface area contributed by atoms with Gasteiger partial charge in [-0.3, -0.25) is 0 Å². The highest BCUT2D eigenvalue weighted by atomic mass is 16.5. The van der Waals surface area contributed by atoms with Gasteiger partial charge in [-0.05, 0) is 27.2 Å². The Morgan fingerprint density at radius 1 is 1.47 bits per heavy atom. The largest absolute Gasteiger partial charge is 0.463 e. The van der Waals surface area contributed by atoms with Gasteiger partial charge in [0.2, 0.25) is 0 Å². The molecule has 0 bridgehead atoms. The van der Waals surface area contributed by atoms with Crippen LogP contribution in [0.2, 0.25) is 0 Å². The van der Waals surface area contributed by atoms with Crippen molar-refractivity contribution < 1.29 is 14.3 Å². The van der Waals surface area contributed by atoms with Gasteiger partial charge in [-0.1, -0.05) is 0 Å². The average molecular weight is 213 g/mol. The molecule has 0 saturated carbocycles. The number of esters is 1. The van der Waals surface area contributed by atoms with Gasteiger partial charge in [0.25, 0.3) is 0 Å². The minimum Gasteiger partial charge on any atom is -0.463 e. The van der Waals surface area contributed by atoms with E-state index in [1.807, 2.05) is 13.8 Å². The number of allylic oxidation sites excluding steroid dienone is 1. The maximum absolute atomic E-state index is 11.7. The molecule has 1 rings (SSSR count). The van der Waals surface area contributed by atoms with E-state index in [-0.39, 0.29) is 12.1 Å². The molecule has 0 aliphatic carbocycles. The summed E-state index contributed by atoms with van der Waals surface area (Å²) in [4.78, 5) is 11.7. The Morgan fingerprint density at radius 3 is 2.80 bits per heavy atom. The van der Waals surface area contributed by atoms with E-state index in [9.17, 15) is 4.79 Å². The minimum absolute atomic E-state index is 0.115. The van der Waals surface area contributed by atoms with E-state index in [2.05, 4.69) is 5.32 Å². The van der Waals surface area contributed by atoms with Gasteiger partial charge >= 0.3 is 5.97 Å². The minimum atomic E-state index is -0.263. The molecule has 0 spiro atoms. The first kappa shape index (κ1) is 12.0. The topological polar surface area (TPSA) is 47.6 Å². The van der Waals surface area contributed by atoms with Crippen molar-refractivity contribution in [1.29, 1.82) is 0 Å². The van der Waals surface area contributed by atoms with E-state index >= 15 is 0 Å². The van der Waals surface area contributed by atoms with Crippen molar-refractivity contribution in [3.8, 4) is 0 Å². The Kier molecular flexibility index (Phi) is 4.62. The molecule has 15 heavy (non-hydrogen) atoms. The molecule has 1 atom stereocenters. The molecule has 0 unspecified atom stereocenters. The molecule has 0 fully saturated rings. The van der Waals surface area contributed by atoms with Gasteiger partial charge in [-0.25, -0.2) is 4.79 Å². The van der Waals surface area contributed by atoms with E-state index < -0.39 is 0 Å². The predicted molar refractivity (Wildman–Crippen MR) is 57.4 cm³/mol. The Balaban J connectivity index is 2.80. The van der Waals surface area contributed by atoms with Gasteiger partial charge in [-0.15, -0.1) is 0 Å². The lowest BCUT2D eigenvalue weighted by Gasteiger charge is -2.26. The van der Waals surface area contributed by atoms with Gasteiger partial charge in [0.1, 0.15) is 0 Å². The summed E-state index contributed by atoms with van der Waals surface area (Å²) < 4.78 is 10.5. The Labute approximate surface area is 90.6 Å². The lowest BCUT2D eigenvalue weighted by Crippen LogP contribution is -2.35. The third-order valence-electron chi connectivity index (χ3n) is 2.39. The fraction of sp³-hybridized carbons (Fsp3) is 0.727. The van der Waals surface area contributed by atoms with Crippen LogP contribution in [0, 0.1) is 0 Å². The first-order valence-corrected chi connectivity index (χ1v) is 5.44. The second-order valence-electron chi connectivity index (χ2n) is 3.42. The van der Waals surface area contributed by atoms with Crippen molar-refractivity contribution in [3.63, 3.8) is 0 Å². The number of hydrogen-bond acceptors (Lipinski definition) is 4. The first-order chi connectivity index (χ1) is 7.20. The highest BCUT2D eigenvalue weighted by Gasteiger charge is 2.27. The van der Waals surface area contributed by atoms with E-state index in [0.29, 0.717) is 18.8 Å². The zero-order chi connectivity index (χ0) is 11.3. The van der Waals surface area contributed by atoms with E-state index in [0.717, 1.165) is 18.7 Å². The molecule has 1 aliphatic rings. The Hall–Kier alpha value is -1.03. The van der Waals surface area contributed by atoms with Crippen molar-refractivity contribution in [2.75, 3.05) is 19.8 Å². The van der Waals surface area contributed by atoms with Crippen LogP contribution in [0.3, 0.4) is 0 Å². The van der Waals surface area contributed by atoms with Crippen LogP contribution in [0.5, 0.6) is 0 Å². The normalized spacial score (nSPS) is 21.1. The summed E-state index contributed by atoms with van der Waals surface area (Å²) in [6.07, 6.45) is 0.703. The molecule has 0 saturated heterocycles. The average Bonchev–Trinajstić information content (AvgIpc) is 2.18. The van der Waals surface area contributed by atoms with Gasteiger partial charge in [0, 0.05) is 18.8 Å². The third-order valence-corrected chi connectivity index (χ3v) is 2.39. The molecule has 0 radical (unpaired) electrons. The number of carbonyl (C=O) groups is 1. The van der Waals surface area contributed by atoms with Gasteiger partial charge in [-0.2, -0.15) is 0 Å². The van der Waals surface area contributed by atoms with Crippen molar-refractivity contribution >= 4 is 5.97 Å². The second kappa shape index (κ2) is 5.75. The lowest BCUT2D eigenvalue weighted by molar-refractivity contribution is -0.140. The van der Waals surface area contributed by atoms with Crippen LogP contribution < -0.4 is 5.32 Å². The smallest absolute Gasteiger partial charge is 0.338 e. The van der Waals surface area contributed by atoms with Gasteiger partial charge in [0.05, 0.1) is 18.3 Å². The number of ether oxygens (including phenoxy) is 2. The monoisotopic (exact) mass is 213 g/mol. The van der Waals surface area contributed by atoms with Crippen molar-refractivity contribution in [2.24, 2.45) is 0 Å². The van der Waals surface area contributed by atoms with E-state index in [1.54, 1.807) is 6.92 Å². The molecule has 4 nitrogen and oxygen atoms in total. The second-order valence-corrected chi connectivity index (χ2v) is 3.42. The standard InChI is InChI=1S/C11H19NO3/c1-4-14-9-6-7-12-8(3)10(9)11(13)15-5-2/h9,12H,4-7H2,1-3H3/t9-/m1/s1. The predicted octanol–water partition coefficient (Wildman–Crippen LogP) is 1.22. The van der Waals surface area contributed by atoms with Crippen LogP contribution >= 0.6 is 0 Å². The summed E-state index contributed by atoms with van der Waals surface area (Å²) in [7, 11) is 0. The Morgan fingerprint density at radius 2 is 2.20 bits per heavy atom. The summed E-state index contributed by atoms with van der Waals surface area (Å²) >= 11 is 0. The van der Waals surface area contributed by atoms with Crippen molar-refractivity contribution in [3.05, 3.63) is 11.3 Å². The van der Waals surface area contributed by atoms with Gasteiger partial charge < -0.3 is 14.8 Å². The van der Waals surface area contributed by atoms with Crippen LogP contribution in [0.25, 0.3) is 0 Å². The number of rotatable bonds is 4. The maximum Gasteiger partial charge on any atom is 0.338 e. The summed E-state index contributed by atoms with van der Waals surface area (Å²) in [5.74, 6) is -0.263. The Bertz CT molecular complexity index is 261. The molecule has 86 valence electrons.